The average molecular weight is 1260 g/mol. The Bertz CT molecular complexity index is 2940. The quantitative estimate of drug-likeness (QED) is 0.0666. The fraction of sp³-hybridized carbons (Fsp3) is 0.708. The van der Waals surface area contributed by atoms with E-state index < -0.39 is 32.2 Å². The Morgan fingerprint density at radius 3 is 0.889 bits per heavy atom. The van der Waals surface area contributed by atoms with Crippen molar-refractivity contribution in [3.05, 3.63) is 69.8 Å². The Kier molecular flexibility index (Phi) is 22.9. The molecule has 0 unspecified atom stereocenters. The van der Waals surface area contributed by atoms with E-state index in [0.717, 1.165) is 118 Å². The summed E-state index contributed by atoms with van der Waals surface area (Å²) in [5, 5.41) is 0. The number of carbonyl (C=O) groups is 3. The van der Waals surface area contributed by atoms with Gasteiger partial charge in [-0.05, 0) is 144 Å². The van der Waals surface area contributed by atoms with E-state index in [2.05, 4.69) is 68.4 Å². The van der Waals surface area contributed by atoms with Crippen LogP contribution in [-0.4, -0.2) is 151 Å². The minimum Gasteiger partial charge on any atom is -0.493 e. The van der Waals surface area contributed by atoms with Gasteiger partial charge in [-0.1, -0.05) is 83.1 Å². The molecule has 0 radical (unpaired) electrons. The first-order valence-corrected chi connectivity index (χ1v) is 33.2. The molecule has 9 rings (SSSR count). The smallest absolute Gasteiger partial charge is 0.323 e. The summed E-state index contributed by atoms with van der Waals surface area (Å²) in [5.74, 6) is 4.22. The van der Waals surface area contributed by atoms with Crippen LogP contribution in [0.5, 0.6) is 34.5 Å². The van der Waals surface area contributed by atoms with Gasteiger partial charge in [-0.25, -0.2) is 0 Å². The van der Waals surface area contributed by atoms with E-state index in [9.17, 15) is 14.4 Å². The highest BCUT2D eigenvalue weighted by Crippen LogP contribution is 2.48. The van der Waals surface area contributed by atoms with Gasteiger partial charge in [0.2, 0.25) is 0 Å². The van der Waals surface area contributed by atoms with Crippen molar-refractivity contribution in [3.8, 4) is 34.5 Å². The van der Waals surface area contributed by atoms with Crippen molar-refractivity contribution >= 4 is 17.9 Å². The molecule has 18 nitrogen and oxygen atoms in total. The first kappa shape index (κ1) is 63.4. The molecule has 0 bridgehead atoms. The lowest BCUT2D eigenvalue weighted by Gasteiger charge is -2.47. The van der Waals surface area contributed by atoms with Crippen LogP contribution in [0.3, 0.4) is 0 Å². The summed E-state index contributed by atoms with van der Waals surface area (Å²) in [4.78, 5) is 45.6. The van der Waals surface area contributed by atoms with Crippen molar-refractivity contribution in [2.75, 3.05) is 81.8 Å². The van der Waals surface area contributed by atoms with Gasteiger partial charge in [0.05, 0.1) is 50.7 Å². The molecule has 12 atom stereocenters. The third-order valence-corrected chi connectivity index (χ3v) is 19.6. The maximum absolute atomic E-state index is 12.7. The number of nitrogens with two attached hydrogens (primary N) is 3. The van der Waals surface area contributed by atoms with Crippen molar-refractivity contribution in [2.24, 2.45) is 70.5 Å². The molecule has 0 amide bonds. The highest BCUT2D eigenvalue weighted by Gasteiger charge is 2.45. The number of hydrogen-bond donors (Lipinski definition) is 3. The predicted molar refractivity (Wildman–Crippen MR) is 353 cm³/mol. The van der Waals surface area contributed by atoms with Crippen molar-refractivity contribution < 1.29 is 65.2 Å². The summed E-state index contributed by atoms with van der Waals surface area (Å²) < 4.78 is 95.1. The molecule has 6 aliphatic rings. The molecule has 18 heteroatoms. The van der Waals surface area contributed by atoms with Crippen molar-refractivity contribution in [3.63, 3.8) is 0 Å². The van der Waals surface area contributed by atoms with Crippen molar-refractivity contribution in [2.45, 2.75) is 195 Å². The number of ether oxygens (including phenoxy) is 9. The molecular weight excluding hydrogens is 1140 g/mol. The van der Waals surface area contributed by atoms with Gasteiger partial charge in [0.1, 0.15) is 36.4 Å². The lowest BCUT2D eigenvalue weighted by molar-refractivity contribution is -0.161. The number of fused-ring (bicyclic) bond motifs is 9. The van der Waals surface area contributed by atoms with Crippen LogP contribution in [0, 0.1) is 53.3 Å². The summed E-state index contributed by atoms with van der Waals surface area (Å²) in [7, 11) is 1.25. The molecule has 90 heavy (non-hydrogen) atoms. The number of carbonyl (C=O) groups excluding carboxylic acids is 3. The highest BCUT2D eigenvalue weighted by molar-refractivity contribution is 5.77. The van der Waals surface area contributed by atoms with Crippen LogP contribution < -0.4 is 45.6 Å². The number of methoxy groups -OCH3 is 6. The molecule has 6 N–H and O–H groups in total. The average Bonchev–Trinajstić information content (AvgIpc) is 0.776. The molecule has 3 aromatic carbocycles. The second-order valence-electron chi connectivity index (χ2n) is 28.4. The fourth-order valence-corrected chi connectivity index (χ4v) is 14.5. The van der Waals surface area contributed by atoms with Crippen LogP contribution in [0.25, 0.3) is 0 Å². The number of nitrogens with zero attached hydrogens (tertiary/aromatic N) is 3. The van der Waals surface area contributed by atoms with Crippen molar-refractivity contribution in [1.29, 1.82) is 0 Å². The van der Waals surface area contributed by atoms with E-state index in [4.69, 9.17) is 68.1 Å². The molecule has 0 spiro atoms. The first-order chi connectivity index (χ1) is 45.0. The molecule has 3 saturated heterocycles. The van der Waals surface area contributed by atoms with Crippen molar-refractivity contribution in [1.82, 2.24) is 14.7 Å². The zero-order valence-electron chi connectivity index (χ0n) is 62.9. The number of rotatable bonds is 21. The number of esters is 3. The Balaban J connectivity index is 0.000000203. The molecular formula is C72H114N6O12. The molecule has 3 aromatic rings. The van der Waals surface area contributed by atoms with Gasteiger partial charge in [-0.2, -0.15) is 0 Å². The topological polar surface area (TPSA) is 222 Å². The van der Waals surface area contributed by atoms with Crippen LogP contribution in [0.2, 0.25) is 0 Å². The van der Waals surface area contributed by atoms with Crippen LogP contribution in [0.15, 0.2) is 36.4 Å². The standard InChI is InChI=1S/3C24H38N2O4/c3*1-14(2)9-17-13-26-8-7-16-10-21(28-5)22(29-6)11-18(16)19(26)12-20(17)30-24(27)23(25)15(3)4/h3*10-11,14-15,17,19-20,23H,7-9,12-13,25H2,1-6H3/t3*17-,19-,20+,23-/m000/s1/i2*5D3;. The van der Waals surface area contributed by atoms with Gasteiger partial charge in [0.15, 0.2) is 34.5 Å². The Labute approximate surface area is 547 Å². The van der Waals surface area contributed by atoms with Crippen LogP contribution in [0.4, 0.5) is 0 Å². The summed E-state index contributed by atoms with van der Waals surface area (Å²) in [5.41, 5.74) is 25.0. The third-order valence-electron chi connectivity index (χ3n) is 19.6. The minimum atomic E-state index is -2.55. The zero-order valence-corrected chi connectivity index (χ0v) is 56.9. The maximum Gasteiger partial charge on any atom is 0.323 e. The van der Waals surface area contributed by atoms with Gasteiger partial charge >= 0.3 is 17.9 Å². The molecule has 3 fully saturated rings. The molecule has 0 aliphatic carbocycles. The zero-order chi connectivity index (χ0) is 71.0. The molecule has 504 valence electrons. The molecule has 6 aliphatic heterocycles. The van der Waals surface area contributed by atoms with E-state index in [1.54, 1.807) is 26.4 Å². The van der Waals surface area contributed by atoms with E-state index in [1.807, 2.05) is 53.7 Å². The van der Waals surface area contributed by atoms with Crippen LogP contribution >= 0.6 is 0 Å². The van der Waals surface area contributed by atoms with E-state index in [1.165, 1.54) is 25.3 Å². The Morgan fingerprint density at radius 1 is 0.422 bits per heavy atom. The Hall–Kier alpha value is -5.37. The van der Waals surface area contributed by atoms with E-state index in [0.29, 0.717) is 48.0 Å². The van der Waals surface area contributed by atoms with Crippen LogP contribution in [-0.2, 0) is 47.9 Å². The van der Waals surface area contributed by atoms with Gasteiger partial charge in [0, 0.05) is 94.4 Å². The third kappa shape index (κ3) is 17.5. The lowest BCUT2D eigenvalue weighted by Crippen LogP contribution is -2.51. The van der Waals surface area contributed by atoms with E-state index >= 15 is 0 Å². The Morgan fingerprint density at radius 2 is 0.667 bits per heavy atom. The second kappa shape index (κ2) is 32.5. The summed E-state index contributed by atoms with van der Waals surface area (Å²) in [6.45, 7) is 30.1. The van der Waals surface area contributed by atoms with Gasteiger partial charge < -0.3 is 59.8 Å². The summed E-state index contributed by atoms with van der Waals surface area (Å²) >= 11 is 0. The number of hydrogen-bond acceptors (Lipinski definition) is 18. The molecule has 6 heterocycles. The fourth-order valence-electron chi connectivity index (χ4n) is 14.5. The van der Waals surface area contributed by atoms with Gasteiger partial charge in [-0.15, -0.1) is 0 Å². The first-order valence-electron chi connectivity index (χ1n) is 36.2. The SMILES string of the molecule is COc1cc2c(cc1OC)[C@@H]1C[C@@H](OC(=O)[C@@H](N)C(C)C)[C@@H](CC(C)C)CN1CC2.[2H]C([2H])([2H])Oc1cc2c(cc1OC)[C@@H]1C[C@@H](OC(=O)[C@@H](N)C(C)C)[C@@H](CC(C)C)CN1CC2.[2H]C([2H])([2H])Oc1cc2c(cc1OC)[C@@H]1C[C@@H](OC(=O)[C@@H](N)C(C)C)[C@@H](CC(C)C)CN1CC2. The van der Waals surface area contributed by atoms with Crippen LogP contribution in [0.1, 0.15) is 181 Å². The second-order valence-corrected chi connectivity index (χ2v) is 28.4. The number of benzene rings is 3. The minimum absolute atomic E-state index is 0.0115. The number of piperidine rings is 3. The maximum atomic E-state index is 12.7. The monoisotopic (exact) mass is 1260 g/mol. The lowest BCUT2D eigenvalue weighted by atomic mass is 9.79. The summed E-state index contributed by atoms with van der Waals surface area (Å²) in [6.07, 6.45) is 7.13. The largest absolute Gasteiger partial charge is 0.493 e. The normalized spacial score (nSPS) is 26.2. The van der Waals surface area contributed by atoms with E-state index in [-0.39, 0.29) is 95.4 Å². The summed E-state index contributed by atoms with van der Waals surface area (Å²) in [6, 6.07) is 10.0. The van der Waals surface area contributed by atoms with Gasteiger partial charge in [0.25, 0.3) is 0 Å². The highest BCUT2D eigenvalue weighted by atomic mass is 16.6. The predicted octanol–water partition coefficient (Wildman–Crippen LogP) is 10.7. The van der Waals surface area contributed by atoms with Gasteiger partial charge in [-0.3, -0.25) is 29.1 Å². The molecule has 0 aromatic heterocycles. The molecule has 0 saturated carbocycles.